The molecule has 0 spiro atoms. The number of rotatable bonds is 1. The van der Waals surface area contributed by atoms with Crippen LogP contribution in [0.1, 0.15) is 11.6 Å². The Morgan fingerprint density at radius 1 is 1.46 bits per heavy atom. The third-order valence-corrected chi connectivity index (χ3v) is 2.59. The first-order valence-electron chi connectivity index (χ1n) is 3.39. The molecule has 0 radical (unpaired) electrons. The van der Waals surface area contributed by atoms with Gasteiger partial charge in [-0.1, -0.05) is 15.9 Å². The van der Waals surface area contributed by atoms with Crippen LogP contribution in [0.5, 0.6) is 5.75 Å². The predicted octanol–water partition coefficient (Wildman–Crippen LogP) is 2.44. The summed E-state index contributed by atoms with van der Waals surface area (Å²) in [5.41, 5.74) is 5.88. The molecule has 1 aromatic rings. The molecule has 0 saturated carbocycles. The van der Waals surface area contributed by atoms with E-state index in [9.17, 15) is 5.11 Å². The molecule has 1 rings (SSSR count). The van der Waals surface area contributed by atoms with Gasteiger partial charge in [-0.15, -0.1) is 0 Å². The Kier molecular flexibility index (Phi) is 3.31. The third-order valence-electron chi connectivity index (χ3n) is 1.53. The van der Waals surface area contributed by atoms with Crippen molar-refractivity contribution in [3.8, 4) is 11.8 Å². The molecule has 0 amide bonds. The molecule has 68 valence electrons. The maximum Gasteiger partial charge on any atom is 0.135 e. The van der Waals surface area contributed by atoms with Gasteiger partial charge in [0.15, 0.2) is 0 Å². The maximum atomic E-state index is 9.52. The first kappa shape index (κ1) is 10.5. The van der Waals surface area contributed by atoms with E-state index in [1.165, 1.54) is 0 Å². The first-order valence-corrected chi connectivity index (χ1v) is 4.98. The lowest BCUT2D eigenvalue weighted by Crippen LogP contribution is -2.07. The Morgan fingerprint density at radius 3 is 2.62 bits per heavy atom. The highest BCUT2D eigenvalue weighted by atomic mass is 79.9. The molecule has 0 fully saturated rings. The molecule has 0 aliphatic rings. The second kappa shape index (κ2) is 4.09. The first-order chi connectivity index (χ1) is 6.06. The van der Waals surface area contributed by atoms with E-state index < -0.39 is 6.04 Å². The lowest BCUT2D eigenvalue weighted by Gasteiger charge is -2.08. The minimum absolute atomic E-state index is 0.0113. The van der Waals surface area contributed by atoms with Crippen molar-refractivity contribution in [3.05, 3.63) is 26.6 Å². The summed E-state index contributed by atoms with van der Waals surface area (Å²) in [6, 6.07) is 4.34. The van der Waals surface area contributed by atoms with Crippen LogP contribution < -0.4 is 5.73 Å². The zero-order valence-electron chi connectivity index (χ0n) is 6.46. The van der Waals surface area contributed by atoms with Crippen LogP contribution in [0.2, 0.25) is 0 Å². The van der Waals surface area contributed by atoms with Crippen LogP contribution >= 0.6 is 31.9 Å². The number of phenolic OH excluding ortho intramolecular Hbond substituents is 1. The highest BCUT2D eigenvalue weighted by molar-refractivity contribution is 9.11. The molecule has 1 aromatic carbocycles. The van der Waals surface area contributed by atoms with E-state index in [1.54, 1.807) is 12.1 Å². The summed E-state index contributed by atoms with van der Waals surface area (Å²) < 4.78 is 1.28. The van der Waals surface area contributed by atoms with E-state index >= 15 is 0 Å². The minimum atomic E-state index is -0.811. The van der Waals surface area contributed by atoms with Gasteiger partial charge in [-0.25, -0.2) is 0 Å². The van der Waals surface area contributed by atoms with Gasteiger partial charge in [-0.3, -0.25) is 0 Å². The van der Waals surface area contributed by atoms with E-state index in [1.807, 2.05) is 6.07 Å². The van der Waals surface area contributed by atoms with Crippen LogP contribution in [-0.4, -0.2) is 5.11 Å². The van der Waals surface area contributed by atoms with Crippen LogP contribution in [-0.2, 0) is 0 Å². The molecule has 13 heavy (non-hydrogen) atoms. The van der Waals surface area contributed by atoms with Crippen molar-refractivity contribution in [3.63, 3.8) is 0 Å². The minimum Gasteiger partial charge on any atom is -0.506 e. The Bertz CT molecular complexity index is 373. The molecule has 0 heterocycles. The number of nitrogens with two attached hydrogens (primary N) is 1. The van der Waals surface area contributed by atoms with E-state index in [-0.39, 0.29) is 5.75 Å². The van der Waals surface area contributed by atoms with Gasteiger partial charge in [0.25, 0.3) is 0 Å². The number of phenols is 1. The van der Waals surface area contributed by atoms with Crippen LogP contribution in [0.25, 0.3) is 0 Å². The smallest absolute Gasteiger partial charge is 0.135 e. The van der Waals surface area contributed by atoms with Crippen LogP contribution in [0.3, 0.4) is 0 Å². The lowest BCUT2D eigenvalue weighted by atomic mass is 10.1. The molecule has 0 aliphatic heterocycles. The summed E-state index contributed by atoms with van der Waals surface area (Å²) >= 11 is 6.39. The Morgan fingerprint density at radius 2 is 2.08 bits per heavy atom. The Balaban J connectivity index is 3.30. The number of halogens is 2. The fourth-order valence-corrected chi connectivity index (χ4v) is 2.15. The van der Waals surface area contributed by atoms with E-state index in [0.717, 1.165) is 4.47 Å². The van der Waals surface area contributed by atoms with E-state index in [4.69, 9.17) is 11.0 Å². The SMILES string of the molecule is N#CC(N)c1cc(Br)cc(Br)c1O. The van der Waals surface area contributed by atoms with Gasteiger partial charge in [-0.05, 0) is 28.1 Å². The van der Waals surface area contributed by atoms with E-state index in [2.05, 4.69) is 31.9 Å². The molecule has 0 aliphatic carbocycles. The monoisotopic (exact) mass is 304 g/mol. The summed E-state index contributed by atoms with van der Waals surface area (Å²) in [6.07, 6.45) is 0. The molecule has 0 saturated heterocycles. The molecule has 0 aromatic heterocycles. The number of benzene rings is 1. The van der Waals surface area contributed by atoms with Gasteiger partial charge in [0.1, 0.15) is 11.8 Å². The zero-order chi connectivity index (χ0) is 10.0. The van der Waals surface area contributed by atoms with Crippen molar-refractivity contribution in [1.29, 1.82) is 5.26 Å². The topological polar surface area (TPSA) is 70.0 Å². The lowest BCUT2D eigenvalue weighted by molar-refractivity contribution is 0.462. The molecule has 5 heteroatoms. The van der Waals surface area contributed by atoms with Crippen molar-refractivity contribution in [2.24, 2.45) is 5.73 Å². The van der Waals surface area contributed by atoms with Crippen LogP contribution in [0.4, 0.5) is 0 Å². The second-order valence-electron chi connectivity index (χ2n) is 2.43. The van der Waals surface area contributed by atoms with Crippen molar-refractivity contribution >= 4 is 31.9 Å². The highest BCUT2D eigenvalue weighted by Crippen LogP contribution is 2.34. The molecular formula is C8H6Br2N2O. The average Bonchev–Trinajstić information content (AvgIpc) is 2.10. The van der Waals surface area contributed by atoms with Gasteiger partial charge in [0, 0.05) is 10.0 Å². The number of nitrogens with zero attached hydrogens (tertiary/aromatic N) is 1. The molecular weight excluding hydrogens is 300 g/mol. The summed E-state index contributed by atoms with van der Waals surface area (Å²) in [5, 5.41) is 18.1. The zero-order valence-corrected chi connectivity index (χ0v) is 9.63. The summed E-state index contributed by atoms with van der Waals surface area (Å²) in [4.78, 5) is 0. The quantitative estimate of drug-likeness (QED) is 0.837. The van der Waals surface area contributed by atoms with Gasteiger partial charge in [0.05, 0.1) is 10.5 Å². The second-order valence-corrected chi connectivity index (χ2v) is 4.20. The summed E-state index contributed by atoms with van der Waals surface area (Å²) in [5.74, 6) is 0.0113. The largest absolute Gasteiger partial charge is 0.506 e. The molecule has 1 atom stereocenters. The van der Waals surface area contributed by atoms with Crippen molar-refractivity contribution in [2.75, 3.05) is 0 Å². The Labute approximate surface area is 92.4 Å². The van der Waals surface area contributed by atoms with Crippen molar-refractivity contribution in [1.82, 2.24) is 0 Å². The van der Waals surface area contributed by atoms with Gasteiger partial charge in [-0.2, -0.15) is 5.26 Å². The number of aromatic hydroxyl groups is 1. The van der Waals surface area contributed by atoms with Crippen LogP contribution in [0, 0.1) is 11.3 Å². The average molecular weight is 306 g/mol. The summed E-state index contributed by atoms with van der Waals surface area (Å²) in [7, 11) is 0. The molecule has 3 N–H and O–H groups in total. The summed E-state index contributed by atoms with van der Waals surface area (Å²) in [6.45, 7) is 0. The van der Waals surface area contributed by atoms with E-state index in [0.29, 0.717) is 10.0 Å². The highest BCUT2D eigenvalue weighted by Gasteiger charge is 2.13. The maximum absolute atomic E-state index is 9.52. The normalized spacial score (nSPS) is 12.2. The fraction of sp³-hybridized carbons (Fsp3) is 0.125. The Hall–Kier alpha value is -0.570. The fourth-order valence-electron chi connectivity index (χ4n) is 0.893. The van der Waals surface area contributed by atoms with Crippen molar-refractivity contribution in [2.45, 2.75) is 6.04 Å². The number of nitriles is 1. The van der Waals surface area contributed by atoms with Gasteiger partial charge in [0.2, 0.25) is 0 Å². The predicted molar refractivity (Wildman–Crippen MR) is 56.0 cm³/mol. The van der Waals surface area contributed by atoms with Crippen LogP contribution in [0.15, 0.2) is 21.1 Å². The molecule has 3 nitrogen and oxygen atoms in total. The standard InChI is InChI=1S/C8H6Br2N2O/c9-4-1-5(7(12)3-11)8(13)6(10)2-4/h1-2,7,13H,12H2. The molecule has 0 bridgehead atoms. The van der Waals surface area contributed by atoms with Gasteiger partial charge < -0.3 is 10.8 Å². The number of hydrogen-bond acceptors (Lipinski definition) is 3. The van der Waals surface area contributed by atoms with Crippen molar-refractivity contribution < 1.29 is 5.11 Å². The molecule has 1 unspecified atom stereocenters. The third kappa shape index (κ3) is 2.21. The van der Waals surface area contributed by atoms with Gasteiger partial charge >= 0.3 is 0 Å². The number of hydrogen-bond donors (Lipinski definition) is 2.